The number of H-pyrrole nitrogens is 1. The average Bonchev–Trinajstić information content (AvgIpc) is 3.29. The molecule has 0 aliphatic carbocycles. The minimum Gasteiger partial charge on any atom is -0.451 e. The molecule has 0 radical (unpaired) electrons. The molecule has 6 nitrogen and oxygen atoms in total. The van der Waals surface area contributed by atoms with Gasteiger partial charge in [-0.15, -0.1) is 0 Å². The van der Waals surface area contributed by atoms with E-state index in [-0.39, 0.29) is 11.7 Å². The van der Waals surface area contributed by atoms with E-state index in [1.807, 2.05) is 54.6 Å². The predicted octanol–water partition coefficient (Wildman–Crippen LogP) is 3.07. The van der Waals surface area contributed by atoms with Crippen molar-refractivity contribution in [2.75, 3.05) is 0 Å². The van der Waals surface area contributed by atoms with Gasteiger partial charge in [0.25, 0.3) is 5.91 Å². The van der Waals surface area contributed by atoms with E-state index in [0.717, 1.165) is 10.9 Å². The molecule has 0 bridgehead atoms. The molecule has 4 rings (SSSR count). The highest BCUT2D eigenvalue weighted by molar-refractivity contribution is 5.96. The third-order valence-electron chi connectivity index (χ3n) is 3.76. The van der Waals surface area contributed by atoms with E-state index in [9.17, 15) is 4.79 Å². The number of hydrogen-bond donors (Lipinski definition) is 2. The number of amides is 1. The van der Waals surface area contributed by atoms with Crippen LogP contribution >= 0.6 is 0 Å². The van der Waals surface area contributed by atoms with Crippen molar-refractivity contribution in [3.63, 3.8) is 0 Å². The second-order valence-corrected chi connectivity index (χ2v) is 5.34. The van der Waals surface area contributed by atoms with Gasteiger partial charge in [-0.05, 0) is 17.7 Å². The largest absolute Gasteiger partial charge is 0.451 e. The fourth-order valence-corrected chi connectivity index (χ4v) is 2.61. The molecule has 0 saturated heterocycles. The number of nitrogens with zero attached hydrogens (tertiary/aromatic N) is 2. The Morgan fingerprint density at radius 1 is 1.08 bits per heavy atom. The Bertz CT molecular complexity index is 928. The van der Waals surface area contributed by atoms with Crippen LogP contribution in [0, 0.1) is 0 Å². The summed E-state index contributed by atoms with van der Waals surface area (Å²) in [7, 11) is 0. The molecule has 0 fully saturated rings. The van der Waals surface area contributed by atoms with Crippen molar-refractivity contribution in [2.45, 2.75) is 6.04 Å². The van der Waals surface area contributed by atoms with Crippen molar-refractivity contribution in [3.8, 4) is 0 Å². The van der Waals surface area contributed by atoms with Crippen LogP contribution in [-0.2, 0) is 0 Å². The second kappa shape index (κ2) is 6.00. The molecule has 0 aliphatic rings. The number of aromatic amines is 1. The summed E-state index contributed by atoms with van der Waals surface area (Å²) in [5.41, 5.74) is 1.58. The Labute approximate surface area is 137 Å². The van der Waals surface area contributed by atoms with E-state index in [4.69, 9.17) is 4.42 Å². The second-order valence-electron chi connectivity index (χ2n) is 5.34. The average molecular weight is 318 g/mol. The summed E-state index contributed by atoms with van der Waals surface area (Å²) >= 11 is 0. The third-order valence-corrected chi connectivity index (χ3v) is 3.76. The third kappa shape index (κ3) is 2.65. The summed E-state index contributed by atoms with van der Waals surface area (Å²) < 4.78 is 5.63. The van der Waals surface area contributed by atoms with Crippen molar-refractivity contribution in [1.29, 1.82) is 0 Å². The quantitative estimate of drug-likeness (QED) is 0.605. The molecule has 0 unspecified atom stereocenters. The van der Waals surface area contributed by atoms with Gasteiger partial charge in [-0.2, -0.15) is 5.10 Å². The van der Waals surface area contributed by atoms with Crippen LogP contribution in [0.2, 0.25) is 0 Å². The minimum atomic E-state index is -0.436. The lowest BCUT2D eigenvalue weighted by Crippen LogP contribution is -2.29. The van der Waals surface area contributed by atoms with Gasteiger partial charge in [0.2, 0.25) is 0 Å². The molecule has 0 spiro atoms. The molecule has 24 heavy (non-hydrogen) atoms. The Balaban J connectivity index is 1.66. The van der Waals surface area contributed by atoms with Gasteiger partial charge < -0.3 is 9.73 Å². The number of para-hydroxylation sites is 1. The summed E-state index contributed by atoms with van der Waals surface area (Å²) in [6.45, 7) is 0. The molecule has 2 aromatic carbocycles. The standard InChI is InChI=1S/C18H14N4O2/c23-18(15-10-13-8-4-5-9-14(13)24-15)21-16(17-19-11-20-22-17)12-6-2-1-3-7-12/h1-11,16H,(H,21,23)(H,19,20,22)/t16-/m0/s1. The van der Waals surface area contributed by atoms with Crippen molar-refractivity contribution >= 4 is 16.9 Å². The van der Waals surface area contributed by atoms with Gasteiger partial charge in [0.15, 0.2) is 11.6 Å². The zero-order valence-electron chi connectivity index (χ0n) is 12.6. The highest BCUT2D eigenvalue weighted by Crippen LogP contribution is 2.22. The molecule has 4 aromatic rings. The Morgan fingerprint density at radius 2 is 1.88 bits per heavy atom. The van der Waals surface area contributed by atoms with Crippen LogP contribution in [0.3, 0.4) is 0 Å². The normalized spacial score (nSPS) is 12.2. The topological polar surface area (TPSA) is 83.8 Å². The maximum Gasteiger partial charge on any atom is 0.287 e. The fourth-order valence-electron chi connectivity index (χ4n) is 2.61. The zero-order valence-corrected chi connectivity index (χ0v) is 12.6. The number of rotatable bonds is 4. The summed E-state index contributed by atoms with van der Waals surface area (Å²) in [6.07, 6.45) is 1.42. The van der Waals surface area contributed by atoms with Crippen LogP contribution in [0.15, 0.2) is 71.4 Å². The van der Waals surface area contributed by atoms with E-state index in [1.54, 1.807) is 6.07 Å². The van der Waals surface area contributed by atoms with Crippen LogP contribution in [0.4, 0.5) is 0 Å². The molecule has 1 atom stereocenters. The predicted molar refractivity (Wildman–Crippen MR) is 88.3 cm³/mol. The van der Waals surface area contributed by atoms with E-state index >= 15 is 0 Å². The molecule has 1 amide bonds. The Kier molecular flexibility index (Phi) is 3.55. The molecule has 2 heterocycles. The first-order chi connectivity index (χ1) is 11.8. The van der Waals surface area contributed by atoms with E-state index in [1.165, 1.54) is 6.33 Å². The minimum absolute atomic E-state index is 0.261. The number of furan rings is 1. The lowest BCUT2D eigenvalue weighted by atomic mass is 10.1. The van der Waals surface area contributed by atoms with Gasteiger partial charge in [-0.3, -0.25) is 9.89 Å². The monoisotopic (exact) mass is 318 g/mol. The first kappa shape index (κ1) is 14.2. The van der Waals surface area contributed by atoms with Crippen molar-refractivity contribution in [1.82, 2.24) is 20.5 Å². The molecular formula is C18H14N4O2. The molecule has 6 heteroatoms. The number of benzene rings is 2. The van der Waals surface area contributed by atoms with Crippen LogP contribution < -0.4 is 5.32 Å². The maximum atomic E-state index is 12.6. The molecule has 2 aromatic heterocycles. The lowest BCUT2D eigenvalue weighted by Gasteiger charge is -2.15. The molecule has 0 aliphatic heterocycles. The number of fused-ring (bicyclic) bond motifs is 1. The van der Waals surface area contributed by atoms with Gasteiger partial charge in [-0.1, -0.05) is 48.5 Å². The van der Waals surface area contributed by atoms with Gasteiger partial charge >= 0.3 is 0 Å². The summed E-state index contributed by atoms with van der Waals surface area (Å²) in [6, 6.07) is 18.4. The highest BCUT2D eigenvalue weighted by Gasteiger charge is 2.22. The van der Waals surface area contributed by atoms with Crippen molar-refractivity contribution < 1.29 is 9.21 Å². The molecule has 0 saturated carbocycles. The zero-order chi connectivity index (χ0) is 16.4. The van der Waals surface area contributed by atoms with Crippen molar-refractivity contribution in [2.24, 2.45) is 0 Å². The maximum absolute atomic E-state index is 12.6. The van der Waals surface area contributed by atoms with Gasteiger partial charge in [0, 0.05) is 5.39 Å². The first-order valence-electron chi connectivity index (χ1n) is 7.51. The van der Waals surface area contributed by atoms with Gasteiger partial charge in [0.05, 0.1) is 0 Å². The van der Waals surface area contributed by atoms with Gasteiger partial charge in [-0.25, -0.2) is 4.98 Å². The lowest BCUT2D eigenvalue weighted by molar-refractivity contribution is 0.0916. The van der Waals surface area contributed by atoms with Crippen LogP contribution in [0.5, 0.6) is 0 Å². The van der Waals surface area contributed by atoms with Crippen LogP contribution in [0.1, 0.15) is 28.0 Å². The van der Waals surface area contributed by atoms with Crippen molar-refractivity contribution in [3.05, 3.63) is 84.1 Å². The van der Waals surface area contributed by atoms with E-state index in [0.29, 0.717) is 11.4 Å². The molecule has 118 valence electrons. The summed E-state index contributed by atoms with van der Waals surface area (Å²) in [4.78, 5) is 16.8. The van der Waals surface area contributed by atoms with Crippen LogP contribution in [-0.4, -0.2) is 21.1 Å². The van der Waals surface area contributed by atoms with E-state index in [2.05, 4.69) is 20.5 Å². The fraction of sp³-hybridized carbons (Fsp3) is 0.0556. The summed E-state index contributed by atoms with van der Waals surface area (Å²) in [5.74, 6) is 0.513. The van der Waals surface area contributed by atoms with E-state index < -0.39 is 6.04 Å². The smallest absolute Gasteiger partial charge is 0.287 e. The van der Waals surface area contributed by atoms with Crippen LogP contribution in [0.25, 0.3) is 11.0 Å². The highest BCUT2D eigenvalue weighted by atomic mass is 16.3. The van der Waals surface area contributed by atoms with Gasteiger partial charge in [0.1, 0.15) is 18.0 Å². The SMILES string of the molecule is O=C(N[C@@H](c1ccccc1)c1ncn[nH]1)c1cc2ccccc2o1. The number of nitrogens with one attached hydrogen (secondary N) is 2. The molecule has 2 N–H and O–H groups in total. The number of carbonyl (C=O) groups is 1. The summed E-state index contributed by atoms with van der Waals surface area (Å²) in [5, 5.41) is 10.5. The first-order valence-corrected chi connectivity index (χ1v) is 7.51. The Hall–Kier alpha value is -3.41. The number of hydrogen-bond acceptors (Lipinski definition) is 4. The number of carbonyl (C=O) groups excluding carboxylic acids is 1. The molecular weight excluding hydrogens is 304 g/mol. The Morgan fingerprint density at radius 3 is 2.62 bits per heavy atom. The number of aromatic nitrogens is 3.